The second-order valence-corrected chi connectivity index (χ2v) is 3.77. The van der Waals surface area contributed by atoms with Gasteiger partial charge in [0.1, 0.15) is 0 Å². The van der Waals surface area contributed by atoms with Crippen molar-refractivity contribution in [2.75, 3.05) is 0 Å². The van der Waals surface area contributed by atoms with Crippen LogP contribution in [-0.4, -0.2) is 16.1 Å². The van der Waals surface area contributed by atoms with Gasteiger partial charge in [-0.05, 0) is 19.1 Å². The van der Waals surface area contributed by atoms with Crippen molar-refractivity contribution < 1.29 is 9.90 Å². The zero-order valence-electron chi connectivity index (χ0n) is 6.49. The highest BCUT2D eigenvalue weighted by atomic mass is 79.9. The molecule has 64 valence electrons. The first kappa shape index (κ1) is 9.19. The molecular formula is C8H8BrNO2. The summed E-state index contributed by atoms with van der Waals surface area (Å²) in [4.78, 5) is 14.6. The fourth-order valence-electron chi connectivity index (χ4n) is 0.767. The number of aromatic nitrogens is 1. The third kappa shape index (κ3) is 2.04. The summed E-state index contributed by atoms with van der Waals surface area (Å²) in [5.41, 5.74) is 1.05. The smallest absolute Gasteiger partial charge is 0.337 e. The Morgan fingerprint density at radius 2 is 2.33 bits per heavy atom. The van der Waals surface area contributed by atoms with Gasteiger partial charge in [0.15, 0.2) is 0 Å². The lowest BCUT2D eigenvalue weighted by Gasteiger charge is -2.01. The minimum absolute atomic E-state index is 0.153. The lowest BCUT2D eigenvalue weighted by molar-refractivity contribution is 0.0696. The zero-order chi connectivity index (χ0) is 9.14. The molecule has 0 aliphatic carbocycles. The standard InChI is InChI=1S/C8H8BrNO2/c1-5(9)7-3-2-6(4-10-7)8(11)12/h2-5H,1H3,(H,11,12). The van der Waals surface area contributed by atoms with Gasteiger partial charge in [0.25, 0.3) is 0 Å². The van der Waals surface area contributed by atoms with E-state index in [4.69, 9.17) is 5.11 Å². The van der Waals surface area contributed by atoms with E-state index in [2.05, 4.69) is 20.9 Å². The summed E-state index contributed by atoms with van der Waals surface area (Å²) in [5, 5.41) is 8.56. The average Bonchev–Trinajstić information content (AvgIpc) is 2.04. The van der Waals surface area contributed by atoms with E-state index < -0.39 is 5.97 Å². The number of carboxylic acid groups (broad SMARTS) is 1. The van der Waals surface area contributed by atoms with Crippen molar-refractivity contribution in [2.45, 2.75) is 11.8 Å². The van der Waals surface area contributed by atoms with Crippen LogP contribution in [0.25, 0.3) is 0 Å². The number of carboxylic acids is 1. The summed E-state index contributed by atoms with van der Waals surface area (Å²) < 4.78 is 0. The van der Waals surface area contributed by atoms with Gasteiger partial charge in [0, 0.05) is 6.20 Å². The molecule has 1 atom stereocenters. The maximum Gasteiger partial charge on any atom is 0.337 e. The van der Waals surface area contributed by atoms with Crippen LogP contribution in [0.3, 0.4) is 0 Å². The van der Waals surface area contributed by atoms with E-state index in [1.165, 1.54) is 6.20 Å². The van der Waals surface area contributed by atoms with Gasteiger partial charge in [-0.15, -0.1) is 0 Å². The maximum absolute atomic E-state index is 10.4. The van der Waals surface area contributed by atoms with Crippen molar-refractivity contribution in [1.29, 1.82) is 0 Å². The molecule has 0 fully saturated rings. The topological polar surface area (TPSA) is 50.2 Å². The summed E-state index contributed by atoms with van der Waals surface area (Å²) in [6, 6.07) is 3.24. The minimum atomic E-state index is -0.948. The minimum Gasteiger partial charge on any atom is -0.478 e. The third-order valence-corrected chi connectivity index (χ3v) is 1.91. The monoisotopic (exact) mass is 229 g/mol. The molecule has 0 aromatic carbocycles. The SMILES string of the molecule is CC(Br)c1ccc(C(=O)O)cn1. The fourth-order valence-corrected chi connectivity index (χ4v) is 1.04. The Morgan fingerprint density at radius 1 is 1.67 bits per heavy atom. The van der Waals surface area contributed by atoms with Gasteiger partial charge in [-0.1, -0.05) is 15.9 Å². The van der Waals surface area contributed by atoms with Crippen molar-refractivity contribution in [2.24, 2.45) is 0 Å². The van der Waals surface area contributed by atoms with Crippen LogP contribution in [-0.2, 0) is 0 Å². The zero-order valence-corrected chi connectivity index (χ0v) is 8.08. The highest BCUT2D eigenvalue weighted by Gasteiger charge is 2.05. The second kappa shape index (κ2) is 3.67. The van der Waals surface area contributed by atoms with E-state index in [0.717, 1.165) is 5.69 Å². The van der Waals surface area contributed by atoms with Gasteiger partial charge < -0.3 is 5.11 Å². The van der Waals surface area contributed by atoms with Gasteiger partial charge in [0.05, 0.1) is 16.1 Å². The fraction of sp³-hybridized carbons (Fsp3) is 0.250. The normalized spacial score (nSPS) is 12.5. The van der Waals surface area contributed by atoms with Crippen molar-refractivity contribution in [3.8, 4) is 0 Å². The molecule has 0 bridgehead atoms. The highest BCUT2D eigenvalue weighted by Crippen LogP contribution is 2.18. The molecule has 1 unspecified atom stereocenters. The lowest BCUT2D eigenvalue weighted by atomic mass is 10.2. The second-order valence-electron chi connectivity index (χ2n) is 2.39. The van der Waals surface area contributed by atoms with E-state index in [1.54, 1.807) is 12.1 Å². The van der Waals surface area contributed by atoms with Crippen molar-refractivity contribution in [3.05, 3.63) is 29.6 Å². The predicted octanol–water partition coefficient (Wildman–Crippen LogP) is 2.24. The molecule has 0 saturated heterocycles. The first-order chi connectivity index (χ1) is 5.61. The van der Waals surface area contributed by atoms with Crippen LogP contribution in [0, 0.1) is 0 Å². The summed E-state index contributed by atoms with van der Waals surface area (Å²) in [6.07, 6.45) is 1.36. The van der Waals surface area contributed by atoms with Crippen LogP contribution in [0.1, 0.15) is 27.8 Å². The molecule has 1 rings (SSSR count). The van der Waals surface area contributed by atoms with Crippen LogP contribution in [0.5, 0.6) is 0 Å². The summed E-state index contributed by atoms with van der Waals surface area (Å²) in [6.45, 7) is 1.93. The van der Waals surface area contributed by atoms with Crippen LogP contribution < -0.4 is 0 Å². The van der Waals surface area contributed by atoms with Crippen molar-refractivity contribution >= 4 is 21.9 Å². The first-order valence-electron chi connectivity index (χ1n) is 3.44. The molecular weight excluding hydrogens is 222 g/mol. The van der Waals surface area contributed by atoms with E-state index in [9.17, 15) is 4.79 Å². The quantitative estimate of drug-likeness (QED) is 0.792. The number of halogens is 1. The molecule has 0 radical (unpaired) electrons. The summed E-state index contributed by atoms with van der Waals surface area (Å²) in [5.74, 6) is -0.948. The van der Waals surface area contributed by atoms with E-state index in [0.29, 0.717) is 0 Å². The molecule has 12 heavy (non-hydrogen) atoms. The molecule has 0 spiro atoms. The lowest BCUT2D eigenvalue weighted by Crippen LogP contribution is -1.98. The van der Waals surface area contributed by atoms with Crippen LogP contribution >= 0.6 is 15.9 Å². The van der Waals surface area contributed by atoms with Crippen molar-refractivity contribution in [1.82, 2.24) is 4.98 Å². The number of aromatic carboxylic acids is 1. The van der Waals surface area contributed by atoms with Crippen molar-refractivity contribution in [3.63, 3.8) is 0 Å². The Morgan fingerprint density at radius 3 is 2.67 bits per heavy atom. The Bertz CT molecular complexity index is 282. The number of hydrogen-bond acceptors (Lipinski definition) is 2. The Balaban J connectivity index is 2.93. The average molecular weight is 230 g/mol. The maximum atomic E-state index is 10.4. The van der Waals surface area contributed by atoms with Gasteiger partial charge in [0.2, 0.25) is 0 Å². The highest BCUT2D eigenvalue weighted by molar-refractivity contribution is 9.09. The molecule has 0 saturated carbocycles. The van der Waals surface area contributed by atoms with E-state index >= 15 is 0 Å². The molecule has 1 heterocycles. The Kier molecular flexibility index (Phi) is 2.81. The van der Waals surface area contributed by atoms with E-state index in [1.807, 2.05) is 6.92 Å². The van der Waals surface area contributed by atoms with Gasteiger partial charge in [-0.25, -0.2) is 4.79 Å². The number of hydrogen-bond donors (Lipinski definition) is 1. The first-order valence-corrected chi connectivity index (χ1v) is 4.36. The Labute approximate surface area is 78.6 Å². The molecule has 1 aromatic rings. The number of nitrogens with zero attached hydrogens (tertiary/aromatic N) is 1. The summed E-state index contributed by atoms with van der Waals surface area (Å²) in [7, 11) is 0. The number of pyridine rings is 1. The molecule has 1 aromatic heterocycles. The van der Waals surface area contributed by atoms with Crippen LogP contribution in [0.4, 0.5) is 0 Å². The number of rotatable bonds is 2. The molecule has 1 N–H and O–H groups in total. The predicted molar refractivity (Wildman–Crippen MR) is 48.5 cm³/mol. The van der Waals surface area contributed by atoms with Crippen LogP contribution in [0.15, 0.2) is 18.3 Å². The van der Waals surface area contributed by atoms with Gasteiger partial charge >= 0.3 is 5.97 Å². The molecule has 0 aliphatic rings. The molecule has 3 nitrogen and oxygen atoms in total. The van der Waals surface area contributed by atoms with Gasteiger partial charge in [-0.2, -0.15) is 0 Å². The third-order valence-electron chi connectivity index (χ3n) is 1.44. The van der Waals surface area contributed by atoms with E-state index in [-0.39, 0.29) is 10.4 Å². The number of carbonyl (C=O) groups is 1. The van der Waals surface area contributed by atoms with Crippen LogP contribution in [0.2, 0.25) is 0 Å². The molecule has 0 amide bonds. The molecule has 0 aliphatic heterocycles. The largest absolute Gasteiger partial charge is 0.478 e. The Hall–Kier alpha value is -0.900. The molecule has 4 heteroatoms. The van der Waals surface area contributed by atoms with Gasteiger partial charge in [-0.3, -0.25) is 4.98 Å². The summed E-state index contributed by atoms with van der Waals surface area (Å²) >= 11 is 3.33. The number of alkyl halides is 1.